The molecular formula is C12H19NO3. The molecule has 4 aliphatic carbocycles. The molecule has 4 bridgehead atoms. The van der Waals surface area contributed by atoms with Gasteiger partial charge in [0.2, 0.25) is 0 Å². The highest BCUT2D eigenvalue weighted by molar-refractivity contribution is 5.08. The largest absolute Gasteiger partial charge is 0.307 e. The zero-order chi connectivity index (χ0) is 11.4. The summed E-state index contributed by atoms with van der Waals surface area (Å²) in [5.41, 5.74) is -0.0519. The second-order valence-corrected chi connectivity index (χ2v) is 6.31. The Hall–Kier alpha value is -0.800. The van der Waals surface area contributed by atoms with Crippen LogP contribution in [-0.4, -0.2) is 10.7 Å². The molecule has 0 aliphatic heterocycles. The Morgan fingerprint density at radius 2 is 1.94 bits per heavy atom. The first-order chi connectivity index (χ1) is 7.55. The zero-order valence-electron chi connectivity index (χ0n) is 9.78. The molecule has 4 nitrogen and oxygen atoms in total. The standard InChI is InChI=1S/C12H19NO3/c1-2-11-4-9-3-10(5-11)7-12(6-9,8-11)16-13(14)15/h9-10H,2-8H2,1H3. The van der Waals surface area contributed by atoms with Crippen LogP contribution in [0.15, 0.2) is 0 Å². The van der Waals surface area contributed by atoms with Crippen LogP contribution in [0.2, 0.25) is 0 Å². The Morgan fingerprint density at radius 3 is 2.44 bits per heavy atom. The topological polar surface area (TPSA) is 52.4 Å². The van der Waals surface area contributed by atoms with Gasteiger partial charge in [-0.3, -0.25) is 0 Å². The first kappa shape index (κ1) is 10.4. The van der Waals surface area contributed by atoms with Crippen LogP contribution in [0, 0.1) is 27.4 Å². The summed E-state index contributed by atoms with van der Waals surface area (Å²) in [6.07, 6.45) is 7.77. The third-order valence-corrected chi connectivity index (χ3v) is 5.15. The number of rotatable bonds is 3. The van der Waals surface area contributed by atoms with Crippen molar-refractivity contribution in [2.45, 2.75) is 57.5 Å². The van der Waals surface area contributed by atoms with Gasteiger partial charge in [-0.05, 0) is 55.8 Å². The predicted molar refractivity (Wildman–Crippen MR) is 58.2 cm³/mol. The quantitative estimate of drug-likeness (QED) is 0.548. The predicted octanol–water partition coefficient (Wildman–Crippen LogP) is 2.94. The van der Waals surface area contributed by atoms with Gasteiger partial charge < -0.3 is 4.84 Å². The molecule has 0 amide bonds. The van der Waals surface area contributed by atoms with E-state index in [9.17, 15) is 10.1 Å². The minimum atomic E-state index is -0.559. The number of nitrogens with zero attached hydrogens (tertiary/aromatic N) is 1. The second-order valence-electron chi connectivity index (χ2n) is 6.31. The van der Waals surface area contributed by atoms with E-state index in [1.165, 1.54) is 19.3 Å². The first-order valence-electron chi connectivity index (χ1n) is 6.38. The fourth-order valence-electron chi connectivity index (χ4n) is 5.04. The van der Waals surface area contributed by atoms with Gasteiger partial charge >= 0.3 is 0 Å². The lowest BCUT2D eigenvalue weighted by Crippen LogP contribution is -2.57. The van der Waals surface area contributed by atoms with E-state index in [4.69, 9.17) is 4.84 Å². The van der Waals surface area contributed by atoms with E-state index in [0.29, 0.717) is 17.3 Å². The van der Waals surface area contributed by atoms with Gasteiger partial charge in [0.1, 0.15) is 5.60 Å². The van der Waals surface area contributed by atoms with Crippen molar-refractivity contribution in [2.75, 3.05) is 0 Å². The minimum absolute atomic E-state index is 0.361. The summed E-state index contributed by atoms with van der Waals surface area (Å²) in [7, 11) is 0. The Labute approximate surface area is 95.5 Å². The summed E-state index contributed by atoms with van der Waals surface area (Å²) < 4.78 is 0. The fourth-order valence-corrected chi connectivity index (χ4v) is 5.04. The molecule has 0 aromatic heterocycles. The lowest BCUT2D eigenvalue weighted by atomic mass is 9.47. The van der Waals surface area contributed by atoms with E-state index in [2.05, 4.69) is 6.92 Å². The molecular weight excluding hydrogens is 206 g/mol. The van der Waals surface area contributed by atoms with Gasteiger partial charge in [0.25, 0.3) is 5.09 Å². The average Bonchev–Trinajstić information content (AvgIpc) is 2.13. The summed E-state index contributed by atoms with van der Waals surface area (Å²) in [6, 6.07) is 0. The van der Waals surface area contributed by atoms with Gasteiger partial charge in [0, 0.05) is 0 Å². The first-order valence-corrected chi connectivity index (χ1v) is 6.38. The summed E-state index contributed by atoms with van der Waals surface area (Å²) in [4.78, 5) is 15.8. The van der Waals surface area contributed by atoms with Gasteiger partial charge in [0.05, 0.1) is 0 Å². The van der Waals surface area contributed by atoms with Crippen molar-refractivity contribution in [2.24, 2.45) is 17.3 Å². The summed E-state index contributed by atoms with van der Waals surface area (Å²) in [6.45, 7) is 2.23. The maximum Gasteiger partial charge on any atom is 0.295 e. The smallest absolute Gasteiger partial charge is 0.295 e. The molecule has 0 saturated heterocycles. The summed E-state index contributed by atoms with van der Waals surface area (Å²) >= 11 is 0. The summed E-state index contributed by atoms with van der Waals surface area (Å²) in [5.74, 6) is 1.36. The van der Waals surface area contributed by atoms with E-state index in [-0.39, 0.29) is 0 Å². The lowest BCUT2D eigenvalue weighted by Gasteiger charge is -2.60. The van der Waals surface area contributed by atoms with Crippen LogP contribution in [0.25, 0.3) is 0 Å². The van der Waals surface area contributed by atoms with Gasteiger partial charge in [-0.25, -0.2) is 0 Å². The minimum Gasteiger partial charge on any atom is -0.307 e. The molecule has 2 atom stereocenters. The lowest BCUT2D eigenvalue weighted by molar-refractivity contribution is -0.785. The van der Waals surface area contributed by atoms with E-state index < -0.39 is 10.7 Å². The van der Waals surface area contributed by atoms with Crippen molar-refractivity contribution in [1.29, 1.82) is 0 Å². The SMILES string of the molecule is CCC12CC3CC(C1)CC(O[N+](=O)[O-])(C3)C2. The highest BCUT2D eigenvalue weighted by Gasteiger charge is 2.58. The van der Waals surface area contributed by atoms with Crippen molar-refractivity contribution in [3.63, 3.8) is 0 Å². The third-order valence-electron chi connectivity index (χ3n) is 5.15. The van der Waals surface area contributed by atoms with Crippen molar-refractivity contribution in [3.8, 4) is 0 Å². The molecule has 4 saturated carbocycles. The highest BCUT2D eigenvalue weighted by atomic mass is 17.0. The molecule has 4 heteroatoms. The molecule has 16 heavy (non-hydrogen) atoms. The molecule has 0 radical (unpaired) electrons. The molecule has 90 valence electrons. The highest BCUT2D eigenvalue weighted by Crippen LogP contribution is 2.63. The molecule has 0 heterocycles. The monoisotopic (exact) mass is 225 g/mol. The molecule has 0 aromatic rings. The maximum absolute atomic E-state index is 10.7. The Kier molecular flexibility index (Phi) is 2.01. The molecule has 4 fully saturated rings. The van der Waals surface area contributed by atoms with Crippen molar-refractivity contribution in [1.82, 2.24) is 0 Å². The zero-order valence-corrected chi connectivity index (χ0v) is 9.78. The van der Waals surface area contributed by atoms with Crippen LogP contribution in [0.4, 0.5) is 0 Å². The van der Waals surface area contributed by atoms with E-state index >= 15 is 0 Å². The van der Waals surface area contributed by atoms with Gasteiger partial charge in [0.15, 0.2) is 0 Å². The van der Waals surface area contributed by atoms with Crippen molar-refractivity contribution in [3.05, 3.63) is 10.1 Å². The van der Waals surface area contributed by atoms with Crippen LogP contribution in [0.3, 0.4) is 0 Å². The Morgan fingerprint density at radius 1 is 1.31 bits per heavy atom. The molecule has 4 aliphatic rings. The number of hydrogen-bond donors (Lipinski definition) is 0. The van der Waals surface area contributed by atoms with E-state index in [1.54, 1.807) is 0 Å². The molecule has 0 N–H and O–H groups in total. The third kappa shape index (κ3) is 1.42. The van der Waals surface area contributed by atoms with E-state index in [0.717, 1.165) is 25.7 Å². The van der Waals surface area contributed by atoms with Gasteiger partial charge in [-0.15, -0.1) is 10.1 Å². The second kappa shape index (κ2) is 3.11. The molecule has 4 rings (SSSR count). The summed E-state index contributed by atoms with van der Waals surface area (Å²) in [5, 5.41) is 10.1. The van der Waals surface area contributed by atoms with Gasteiger partial charge in [-0.1, -0.05) is 13.3 Å². The van der Waals surface area contributed by atoms with Gasteiger partial charge in [-0.2, -0.15) is 0 Å². The van der Waals surface area contributed by atoms with Crippen LogP contribution >= 0.6 is 0 Å². The Bertz CT molecular complexity index is 314. The normalized spacial score (nSPS) is 49.3. The molecule has 0 aromatic carbocycles. The average molecular weight is 225 g/mol. The molecule has 0 spiro atoms. The van der Waals surface area contributed by atoms with Crippen LogP contribution in [0.1, 0.15) is 51.9 Å². The van der Waals surface area contributed by atoms with Crippen molar-refractivity contribution >= 4 is 0 Å². The van der Waals surface area contributed by atoms with E-state index in [1.807, 2.05) is 0 Å². The van der Waals surface area contributed by atoms with Crippen LogP contribution < -0.4 is 0 Å². The van der Waals surface area contributed by atoms with Crippen LogP contribution in [0.5, 0.6) is 0 Å². The number of hydrogen-bond acceptors (Lipinski definition) is 3. The van der Waals surface area contributed by atoms with Crippen molar-refractivity contribution < 1.29 is 9.92 Å². The van der Waals surface area contributed by atoms with Crippen LogP contribution in [-0.2, 0) is 4.84 Å². The molecule has 2 unspecified atom stereocenters. The fraction of sp³-hybridized carbons (Fsp3) is 1.00. The Balaban J connectivity index is 1.89. The maximum atomic E-state index is 10.7.